The summed E-state index contributed by atoms with van der Waals surface area (Å²) in [5.74, 6) is 3.79. The second-order valence-corrected chi connectivity index (χ2v) is 12.2. The van der Waals surface area contributed by atoms with E-state index in [0.29, 0.717) is 23.6 Å². The van der Waals surface area contributed by atoms with Crippen LogP contribution in [0, 0.1) is 24.7 Å². The van der Waals surface area contributed by atoms with Gasteiger partial charge in [-0.1, -0.05) is 39.3 Å². The van der Waals surface area contributed by atoms with Gasteiger partial charge in [-0.2, -0.15) is 0 Å². The molecule has 1 aromatic carbocycles. The summed E-state index contributed by atoms with van der Waals surface area (Å²) in [6.07, 6.45) is 11.1. The Morgan fingerprint density at radius 2 is 1.95 bits per heavy atom. The summed E-state index contributed by atoms with van der Waals surface area (Å²) < 4.78 is 6.19. The normalized spacial score (nSPS) is 24.5. The van der Waals surface area contributed by atoms with Crippen LogP contribution in [0.4, 0.5) is 5.82 Å². The first-order valence-electron chi connectivity index (χ1n) is 14.9. The largest absolute Gasteiger partial charge is 0.507 e. The molecule has 7 heteroatoms. The van der Waals surface area contributed by atoms with E-state index in [-0.39, 0.29) is 30.4 Å². The zero-order chi connectivity index (χ0) is 27.5. The first-order chi connectivity index (χ1) is 18.8. The number of anilines is 1. The number of nitrogens with one attached hydrogen (secondary N) is 2. The Hall–Kier alpha value is -2.93. The maximum atomic E-state index is 12.8. The number of amides is 1. The summed E-state index contributed by atoms with van der Waals surface area (Å²) in [6, 6.07) is 6.48. The number of H-pyrrole nitrogens is 1. The van der Waals surface area contributed by atoms with E-state index in [0.717, 1.165) is 73.1 Å². The topological polar surface area (TPSA) is 88.8 Å². The highest BCUT2D eigenvalue weighted by molar-refractivity contribution is 5.89. The molecule has 3 atom stereocenters. The van der Waals surface area contributed by atoms with Crippen molar-refractivity contribution in [1.82, 2.24) is 10.3 Å². The number of allylic oxidation sites excluding steroid dienone is 3. The van der Waals surface area contributed by atoms with Gasteiger partial charge >= 0.3 is 0 Å². The average molecular weight is 534 g/mol. The minimum atomic E-state index is -0.000587. The molecule has 39 heavy (non-hydrogen) atoms. The van der Waals surface area contributed by atoms with Gasteiger partial charge in [-0.15, -0.1) is 4.98 Å². The summed E-state index contributed by atoms with van der Waals surface area (Å²) in [6.45, 7) is 10.7. The van der Waals surface area contributed by atoms with Crippen LogP contribution >= 0.6 is 0 Å². The quantitative estimate of drug-likeness (QED) is 0.488. The van der Waals surface area contributed by atoms with Gasteiger partial charge in [0.05, 0.1) is 30.2 Å². The molecule has 1 aromatic heterocycles. The smallest absolute Gasteiger partial charge is 0.271 e. The number of carbonyl (C=O) groups is 1. The Balaban J connectivity index is 1.23. The first-order valence-corrected chi connectivity index (χ1v) is 14.9. The average Bonchev–Trinajstić information content (AvgIpc) is 2.91. The van der Waals surface area contributed by atoms with Gasteiger partial charge in [-0.05, 0) is 87.0 Å². The number of ether oxygens (including phenoxy) is 1. The van der Waals surface area contributed by atoms with Crippen molar-refractivity contribution in [2.75, 3.05) is 24.6 Å². The molecule has 1 aliphatic heterocycles. The summed E-state index contributed by atoms with van der Waals surface area (Å²) in [4.78, 5) is 23.6. The number of aryl methyl sites for hydroxylation is 1. The van der Waals surface area contributed by atoms with Crippen molar-refractivity contribution in [2.45, 2.75) is 84.8 Å². The molecule has 2 fully saturated rings. The van der Waals surface area contributed by atoms with E-state index in [9.17, 15) is 9.90 Å². The summed E-state index contributed by atoms with van der Waals surface area (Å²) in [7, 11) is 0. The third-order valence-corrected chi connectivity index (χ3v) is 8.83. The number of piperidine rings is 1. The van der Waals surface area contributed by atoms with Crippen LogP contribution < -0.4 is 15.2 Å². The molecule has 7 nitrogen and oxygen atoms in total. The van der Waals surface area contributed by atoms with E-state index in [2.05, 4.69) is 67.2 Å². The molecule has 210 valence electrons. The van der Waals surface area contributed by atoms with Crippen molar-refractivity contribution in [3.8, 4) is 0 Å². The predicted octanol–water partition coefficient (Wildman–Crippen LogP) is 5.54. The molecule has 3 aliphatic rings. The standard InChI is InChI=1S/C32H44N4O3/c1-20(2)24-11-9-22(4)18-29(24)39-19-30(38)33-23-13-15-36(16-14-23)32-25-12-10-21(3)17-27(25)34-31(35-32)26-7-5-6-8-28(26)37/h7-8,10,12,17,20,22-24,29,37H,5-6,9,11,13-16,18-19H2,1-4H3,(H,33,38)/p+1. The zero-order valence-corrected chi connectivity index (χ0v) is 24.0. The fourth-order valence-electron chi connectivity index (χ4n) is 6.53. The molecule has 2 aromatic rings. The Morgan fingerprint density at radius 3 is 2.69 bits per heavy atom. The van der Waals surface area contributed by atoms with Crippen LogP contribution in [-0.2, 0) is 9.53 Å². The molecule has 2 heterocycles. The molecule has 1 saturated heterocycles. The van der Waals surface area contributed by atoms with Crippen molar-refractivity contribution >= 4 is 28.2 Å². The summed E-state index contributed by atoms with van der Waals surface area (Å²) in [5.41, 5.74) is 2.84. The molecule has 2 aliphatic carbocycles. The number of hydrogen-bond acceptors (Lipinski definition) is 5. The van der Waals surface area contributed by atoms with Gasteiger partial charge in [0.25, 0.3) is 5.82 Å². The van der Waals surface area contributed by atoms with Crippen LogP contribution in [0.25, 0.3) is 16.5 Å². The Bertz CT molecular complexity index is 1250. The highest BCUT2D eigenvalue weighted by atomic mass is 16.5. The molecule has 1 saturated carbocycles. The lowest BCUT2D eigenvalue weighted by molar-refractivity contribution is -0.371. The van der Waals surface area contributed by atoms with Gasteiger partial charge in [0.15, 0.2) is 5.52 Å². The number of rotatable bonds is 7. The number of aromatic nitrogens is 2. The number of benzene rings is 1. The number of aliphatic hydroxyl groups is 1. The molecule has 3 N–H and O–H groups in total. The fraction of sp³-hybridized carbons (Fsp3) is 0.594. The van der Waals surface area contributed by atoms with E-state index in [1.807, 2.05) is 6.08 Å². The van der Waals surface area contributed by atoms with E-state index < -0.39 is 0 Å². The van der Waals surface area contributed by atoms with Gasteiger partial charge in [0.2, 0.25) is 11.7 Å². The fourth-order valence-corrected chi connectivity index (χ4v) is 6.53. The molecule has 0 bridgehead atoms. The molecule has 3 unspecified atom stereocenters. The minimum Gasteiger partial charge on any atom is -0.507 e. The lowest BCUT2D eigenvalue weighted by Crippen LogP contribution is -2.47. The minimum absolute atomic E-state index is 0.000587. The van der Waals surface area contributed by atoms with Crippen molar-refractivity contribution in [3.63, 3.8) is 0 Å². The molecular formula is C32H45N4O3+. The molecule has 5 rings (SSSR count). The van der Waals surface area contributed by atoms with Gasteiger partial charge in [-0.3, -0.25) is 9.69 Å². The van der Waals surface area contributed by atoms with Crippen LogP contribution in [0.5, 0.6) is 0 Å². The van der Waals surface area contributed by atoms with Gasteiger partial charge < -0.3 is 15.2 Å². The first kappa shape index (κ1) is 27.6. The van der Waals surface area contributed by atoms with Gasteiger partial charge in [0.1, 0.15) is 12.4 Å². The van der Waals surface area contributed by atoms with Crippen LogP contribution in [0.2, 0.25) is 0 Å². The van der Waals surface area contributed by atoms with E-state index >= 15 is 0 Å². The summed E-state index contributed by atoms with van der Waals surface area (Å²) >= 11 is 0. The lowest BCUT2D eigenvalue weighted by atomic mass is 9.75. The number of aromatic amines is 1. The van der Waals surface area contributed by atoms with E-state index in [1.165, 1.54) is 12.8 Å². The number of hydrogen-bond donors (Lipinski definition) is 2. The highest BCUT2D eigenvalue weighted by Gasteiger charge is 2.33. The second kappa shape index (κ2) is 12.1. The third-order valence-electron chi connectivity index (χ3n) is 8.83. The number of carbonyl (C=O) groups excluding carboxylic acids is 1. The zero-order valence-electron chi connectivity index (χ0n) is 24.0. The van der Waals surface area contributed by atoms with Crippen molar-refractivity contribution in [1.29, 1.82) is 0 Å². The molecular weight excluding hydrogens is 488 g/mol. The maximum absolute atomic E-state index is 12.8. The van der Waals surface area contributed by atoms with Gasteiger partial charge in [-0.25, -0.2) is 4.98 Å². The predicted molar refractivity (Wildman–Crippen MR) is 155 cm³/mol. The molecule has 0 radical (unpaired) electrons. The van der Waals surface area contributed by atoms with Crippen molar-refractivity contribution < 1.29 is 19.6 Å². The molecule has 0 spiro atoms. The lowest BCUT2D eigenvalue weighted by Gasteiger charge is -2.37. The van der Waals surface area contributed by atoms with Crippen LogP contribution in [-0.4, -0.2) is 47.8 Å². The van der Waals surface area contributed by atoms with Crippen LogP contribution in [0.1, 0.15) is 77.1 Å². The maximum Gasteiger partial charge on any atom is 0.271 e. The van der Waals surface area contributed by atoms with Crippen molar-refractivity contribution in [3.05, 3.63) is 47.5 Å². The van der Waals surface area contributed by atoms with Crippen LogP contribution in [0.15, 0.2) is 36.1 Å². The molecule has 1 amide bonds. The van der Waals surface area contributed by atoms with Crippen molar-refractivity contribution in [2.24, 2.45) is 17.8 Å². The second-order valence-electron chi connectivity index (χ2n) is 12.2. The third kappa shape index (κ3) is 6.46. The van der Waals surface area contributed by atoms with Crippen LogP contribution in [0.3, 0.4) is 0 Å². The van der Waals surface area contributed by atoms with E-state index in [1.54, 1.807) is 0 Å². The van der Waals surface area contributed by atoms with Gasteiger partial charge in [0, 0.05) is 6.04 Å². The number of aliphatic hydroxyl groups excluding tert-OH is 1. The number of nitrogens with zero attached hydrogens (tertiary/aromatic N) is 2. The summed E-state index contributed by atoms with van der Waals surface area (Å²) in [5, 5.41) is 14.8. The SMILES string of the molecule is Cc1ccc2c(N3CCC(NC(=O)COC4CC(C)CCC4C(C)C)CC3)[nH+]c(C3=CCCC=C3O)nc2c1. The monoisotopic (exact) mass is 533 g/mol. The van der Waals surface area contributed by atoms with E-state index in [4.69, 9.17) is 9.72 Å². The Morgan fingerprint density at radius 1 is 1.18 bits per heavy atom. The number of fused-ring (bicyclic) bond motifs is 1. The Labute approximate surface area is 232 Å². The Kier molecular flexibility index (Phi) is 8.55. The highest BCUT2D eigenvalue weighted by Crippen LogP contribution is 2.35.